The molecule has 0 aromatic heterocycles. The Morgan fingerprint density at radius 2 is 2.33 bits per heavy atom. The molecule has 1 unspecified atom stereocenters. The van der Waals surface area contributed by atoms with Gasteiger partial charge in [0.1, 0.15) is 0 Å². The maximum absolute atomic E-state index is 11.2. The van der Waals surface area contributed by atoms with Crippen molar-refractivity contribution in [2.24, 2.45) is 0 Å². The molecule has 0 heterocycles. The molecule has 0 saturated carbocycles. The van der Waals surface area contributed by atoms with Gasteiger partial charge in [0, 0.05) is 19.0 Å². The highest BCUT2D eigenvalue weighted by Gasteiger charge is 2.06. The van der Waals surface area contributed by atoms with Gasteiger partial charge in [0.25, 0.3) is 0 Å². The molecule has 0 aromatic carbocycles. The summed E-state index contributed by atoms with van der Waals surface area (Å²) in [6.07, 6.45) is 7.05. The number of rotatable bonds is 7. The third-order valence-electron chi connectivity index (χ3n) is 1.97. The fourth-order valence-corrected chi connectivity index (χ4v) is 1.06. The average Bonchev–Trinajstić information content (AvgIpc) is 2.24. The number of carbonyl (C=O) groups is 1. The first kappa shape index (κ1) is 13.5. The summed E-state index contributed by atoms with van der Waals surface area (Å²) >= 11 is 0. The maximum atomic E-state index is 11.2. The zero-order valence-corrected chi connectivity index (χ0v) is 9.05. The minimum Gasteiger partial charge on any atom is -0.354 e. The van der Waals surface area contributed by atoms with E-state index in [0.29, 0.717) is 19.4 Å². The lowest BCUT2D eigenvalue weighted by Gasteiger charge is -2.13. The number of nitrogens with zero attached hydrogens (tertiary/aromatic N) is 1. The standard InChI is InChI=1S/C11H17N3O/c1-3-6-10(4-2)14-9-11(15)13-8-5-7-12/h1,10,14H,4-6,8-9H2,2H3,(H,13,15). The van der Waals surface area contributed by atoms with Gasteiger partial charge in [-0.2, -0.15) is 5.26 Å². The van der Waals surface area contributed by atoms with Crippen molar-refractivity contribution in [3.05, 3.63) is 0 Å². The molecule has 0 bridgehead atoms. The predicted molar refractivity (Wildman–Crippen MR) is 58.8 cm³/mol. The molecule has 0 spiro atoms. The van der Waals surface area contributed by atoms with E-state index in [4.69, 9.17) is 11.7 Å². The molecular formula is C11H17N3O. The number of terminal acetylenes is 1. The van der Waals surface area contributed by atoms with E-state index in [1.807, 2.05) is 13.0 Å². The molecule has 0 radical (unpaired) electrons. The van der Waals surface area contributed by atoms with Crippen LogP contribution in [0.2, 0.25) is 0 Å². The van der Waals surface area contributed by atoms with E-state index in [2.05, 4.69) is 16.6 Å². The smallest absolute Gasteiger partial charge is 0.233 e. The lowest BCUT2D eigenvalue weighted by atomic mass is 10.1. The molecule has 0 aromatic rings. The van der Waals surface area contributed by atoms with Crippen molar-refractivity contribution in [1.82, 2.24) is 10.6 Å². The van der Waals surface area contributed by atoms with Crippen LogP contribution in [-0.2, 0) is 4.79 Å². The Bertz CT molecular complexity index is 262. The Morgan fingerprint density at radius 1 is 1.60 bits per heavy atom. The fraction of sp³-hybridized carbons (Fsp3) is 0.636. The fourth-order valence-electron chi connectivity index (χ4n) is 1.06. The summed E-state index contributed by atoms with van der Waals surface area (Å²) in [6.45, 7) is 2.68. The van der Waals surface area contributed by atoms with Crippen molar-refractivity contribution in [3.63, 3.8) is 0 Å². The zero-order valence-electron chi connectivity index (χ0n) is 9.05. The Morgan fingerprint density at radius 3 is 2.87 bits per heavy atom. The molecular weight excluding hydrogens is 190 g/mol. The minimum atomic E-state index is -0.0966. The molecule has 0 aliphatic heterocycles. The van der Waals surface area contributed by atoms with E-state index in [1.54, 1.807) is 0 Å². The van der Waals surface area contributed by atoms with Crippen LogP contribution in [0.5, 0.6) is 0 Å². The molecule has 82 valence electrons. The Balaban J connectivity index is 3.61. The van der Waals surface area contributed by atoms with Crippen LogP contribution in [0.4, 0.5) is 0 Å². The van der Waals surface area contributed by atoms with E-state index < -0.39 is 0 Å². The van der Waals surface area contributed by atoms with Crippen molar-refractivity contribution >= 4 is 5.91 Å². The number of carbonyl (C=O) groups excluding carboxylic acids is 1. The number of hydrogen-bond donors (Lipinski definition) is 2. The lowest BCUT2D eigenvalue weighted by Crippen LogP contribution is -2.39. The van der Waals surface area contributed by atoms with Crippen LogP contribution >= 0.6 is 0 Å². The number of amides is 1. The van der Waals surface area contributed by atoms with Gasteiger partial charge in [-0.25, -0.2) is 0 Å². The SMILES string of the molecule is C#CCC(CC)NCC(=O)NCCC#N. The molecule has 2 N–H and O–H groups in total. The normalized spacial score (nSPS) is 11.1. The summed E-state index contributed by atoms with van der Waals surface area (Å²) in [5.41, 5.74) is 0. The summed E-state index contributed by atoms with van der Waals surface area (Å²) in [7, 11) is 0. The van der Waals surface area contributed by atoms with Gasteiger partial charge in [0.2, 0.25) is 5.91 Å². The van der Waals surface area contributed by atoms with Gasteiger partial charge in [0.05, 0.1) is 19.0 Å². The minimum absolute atomic E-state index is 0.0966. The predicted octanol–water partition coefficient (Wildman–Crippen LogP) is 0.408. The zero-order chi connectivity index (χ0) is 11.5. The van der Waals surface area contributed by atoms with E-state index in [9.17, 15) is 4.79 Å². The van der Waals surface area contributed by atoms with Crippen LogP contribution in [0.3, 0.4) is 0 Å². The highest BCUT2D eigenvalue weighted by Crippen LogP contribution is 1.94. The van der Waals surface area contributed by atoms with Crippen molar-refractivity contribution in [2.75, 3.05) is 13.1 Å². The van der Waals surface area contributed by atoms with Gasteiger partial charge in [-0.3, -0.25) is 4.79 Å². The van der Waals surface area contributed by atoms with Gasteiger partial charge in [-0.15, -0.1) is 12.3 Å². The van der Waals surface area contributed by atoms with Crippen molar-refractivity contribution in [3.8, 4) is 18.4 Å². The summed E-state index contributed by atoms with van der Waals surface area (Å²) in [5.74, 6) is 2.46. The van der Waals surface area contributed by atoms with Crippen molar-refractivity contribution in [2.45, 2.75) is 32.2 Å². The molecule has 0 rings (SSSR count). The van der Waals surface area contributed by atoms with Crippen LogP contribution in [0, 0.1) is 23.7 Å². The quantitative estimate of drug-likeness (QED) is 0.469. The van der Waals surface area contributed by atoms with E-state index in [0.717, 1.165) is 6.42 Å². The lowest BCUT2D eigenvalue weighted by molar-refractivity contribution is -0.120. The molecule has 15 heavy (non-hydrogen) atoms. The third-order valence-corrected chi connectivity index (χ3v) is 1.97. The summed E-state index contributed by atoms with van der Waals surface area (Å²) in [6, 6.07) is 2.15. The summed E-state index contributed by atoms with van der Waals surface area (Å²) in [5, 5.41) is 14.0. The monoisotopic (exact) mass is 207 g/mol. The molecule has 0 saturated heterocycles. The molecule has 1 atom stereocenters. The van der Waals surface area contributed by atoms with Crippen LogP contribution in [-0.4, -0.2) is 25.0 Å². The highest BCUT2D eigenvalue weighted by molar-refractivity contribution is 5.77. The summed E-state index contributed by atoms with van der Waals surface area (Å²) < 4.78 is 0. The van der Waals surface area contributed by atoms with Gasteiger partial charge in [0.15, 0.2) is 0 Å². The first-order valence-electron chi connectivity index (χ1n) is 5.05. The van der Waals surface area contributed by atoms with Gasteiger partial charge < -0.3 is 10.6 Å². The van der Waals surface area contributed by atoms with Crippen LogP contribution < -0.4 is 10.6 Å². The molecule has 4 nitrogen and oxygen atoms in total. The van der Waals surface area contributed by atoms with Crippen LogP contribution in [0.25, 0.3) is 0 Å². The average molecular weight is 207 g/mol. The second kappa shape index (κ2) is 9.05. The second-order valence-corrected chi connectivity index (χ2v) is 3.15. The molecule has 4 heteroatoms. The molecule has 0 fully saturated rings. The first-order chi connectivity index (χ1) is 7.24. The Kier molecular flexibility index (Phi) is 8.13. The number of nitriles is 1. The number of hydrogen-bond acceptors (Lipinski definition) is 3. The highest BCUT2D eigenvalue weighted by atomic mass is 16.1. The first-order valence-corrected chi connectivity index (χ1v) is 5.05. The van der Waals surface area contributed by atoms with Gasteiger partial charge >= 0.3 is 0 Å². The topological polar surface area (TPSA) is 64.9 Å². The van der Waals surface area contributed by atoms with E-state index >= 15 is 0 Å². The van der Waals surface area contributed by atoms with Crippen LogP contribution in [0.1, 0.15) is 26.2 Å². The maximum Gasteiger partial charge on any atom is 0.233 e. The third kappa shape index (κ3) is 7.54. The van der Waals surface area contributed by atoms with E-state index in [-0.39, 0.29) is 18.5 Å². The number of nitrogens with one attached hydrogen (secondary N) is 2. The summed E-state index contributed by atoms with van der Waals surface area (Å²) in [4.78, 5) is 11.2. The molecule has 0 aliphatic carbocycles. The molecule has 0 aliphatic rings. The Hall–Kier alpha value is -1.52. The van der Waals surface area contributed by atoms with Gasteiger partial charge in [-0.05, 0) is 6.42 Å². The van der Waals surface area contributed by atoms with Crippen molar-refractivity contribution < 1.29 is 4.79 Å². The van der Waals surface area contributed by atoms with E-state index in [1.165, 1.54) is 0 Å². The van der Waals surface area contributed by atoms with Gasteiger partial charge in [-0.1, -0.05) is 6.92 Å². The Labute approximate surface area is 91.0 Å². The largest absolute Gasteiger partial charge is 0.354 e. The van der Waals surface area contributed by atoms with Crippen molar-refractivity contribution in [1.29, 1.82) is 5.26 Å². The molecule has 1 amide bonds. The second-order valence-electron chi connectivity index (χ2n) is 3.15. The van der Waals surface area contributed by atoms with Crippen LogP contribution in [0.15, 0.2) is 0 Å².